The summed E-state index contributed by atoms with van der Waals surface area (Å²) in [5.74, 6) is 0.646. The Morgan fingerprint density at radius 1 is 1.34 bits per heavy atom. The summed E-state index contributed by atoms with van der Waals surface area (Å²) in [5.41, 5.74) is 0.148. The molecular weight excluding hydrogens is 394 g/mol. The highest BCUT2D eigenvalue weighted by Crippen LogP contribution is 2.29. The summed E-state index contributed by atoms with van der Waals surface area (Å²) >= 11 is 0. The van der Waals surface area contributed by atoms with Gasteiger partial charge in [0.25, 0.3) is 5.91 Å². The zero-order chi connectivity index (χ0) is 20.9. The quantitative estimate of drug-likeness (QED) is 0.738. The first-order valence-electron chi connectivity index (χ1n) is 9.22. The van der Waals surface area contributed by atoms with Crippen LogP contribution in [0.15, 0.2) is 48.0 Å². The smallest absolute Gasteiger partial charge is 0.258 e. The number of aromatic nitrogens is 2. The predicted molar refractivity (Wildman–Crippen MR) is 107 cm³/mol. The highest BCUT2D eigenvalue weighted by molar-refractivity contribution is 7.93. The number of rotatable bonds is 7. The molecule has 8 nitrogen and oxygen atoms in total. The standard InChI is InChI=1S/C20H23N3O5S/c1-14(10-12-29(2,25)26)22-19(24)16-13-21-18(17-9-6-11-27-17)23-20(16)28-15-7-4-3-5-8-15/h3-5,7-8,10,12-14,17H,6,9,11H2,1-2H3,(H,22,24)/b12-10+/t14-,17?/m0/s1. The zero-order valence-corrected chi connectivity index (χ0v) is 17.1. The molecule has 1 unspecified atom stereocenters. The minimum absolute atomic E-state index is 0.119. The molecule has 3 rings (SSSR count). The van der Waals surface area contributed by atoms with E-state index in [-0.39, 0.29) is 17.5 Å². The van der Waals surface area contributed by atoms with Crippen LogP contribution in [0.1, 0.15) is 42.1 Å². The average Bonchev–Trinajstić information content (AvgIpc) is 3.21. The fourth-order valence-corrected chi connectivity index (χ4v) is 3.26. The lowest BCUT2D eigenvalue weighted by Gasteiger charge is -2.15. The Bertz CT molecular complexity index is 986. The lowest BCUT2D eigenvalue weighted by Crippen LogP contribution is -2.32. The molecule has 0 radical (unpaired) electrons. The van der Waals surface area contributed by atoms with Crippen LogP contribution >= 0.6 is 0 Å². The lowest BCUT2D eigenvalue weighted by atomic mass is 10.2. The molecule has 0 spiro atoms. The van der Waals surface area contributed by atoms with Gasteiger partial charge in [-0.25, -0.2) is 13.4 Å². The Labute approximate surface area is 169 Å². The monoisotopic (exact) mass is 417 g/mol. The number of ether oxygens (including phenoxy) is 2. The van der Waals surface area contributed by atoms with Crippen LogP contribution in [0.5, 0.6) is 11.6 Å². The average molecular weight is 417 g/mol. The van der Waals surface area contributed by atoms with E-state index in [2.05, 4.69) is 15.3 Å². The molecule has 1 N–H and O–H groups in total. The van der Waals surface area contributed by atoms with E-state index in [1.807, 2.05) is 18.2 Å². The van der Waals surface area contributed by atoms with Crippen LogP contribution in [0.3, 0.4) is 0 Å². The van der Waals surface area contributed by atoms with Crippen LogP contribution in [0.25, 0.3) is 0 Å². The van der Waals surface area contributed by atoms with Gasteiger partial charge in [-0.15, -0.1) is 0 Å². The van der Waals surface area contributed by atoms with Crippen molar-refractivity contribution in [3.05, 3.63) is 59.4 Å². The van der Waals surface area contributed by atoms with Crippen molar-refractivity contribution in [1.82, 2.24) is 15.3 Å². The van der Waals surface area contributed by atoms with Gasteiger partial charge in [0, 0.05) is 30.5 Å². The third-order valence-electron chi connectivity index (χ3n) is 4.17. The molecule has 9 heteroatoms. The van der Waals surface area contributed by atoms with Crippen LogP contribution in [0.2, 0.25) is 0 Å². The molecule has 1 amide bonds. The van der Waals surface area contributed by atoms with E-state index in [9.17, 15) is 13.2 Å². The number of benzene rings is 1. The van der Waals surface area contributed by atoms with Crippen molar-refractivity contribution >= 4 is 15.7 Å². The van der Waals surface area contributed by atoms with Gasteiger partial charge in [-0.1, -0.05) is 24.3 Å². The molecule has 1 fully saturated rings. The molecule has 29 heavy (non-hydrogen) atoms. The fraction of sp³-hybridized carbons (Fsp3) is 0.350. The number of carbonyl (C=O) groups excluding carboxylic acids is 1. The van der Waals surface area contributed by atoms with Gasteiger partial charge in [0.2, 0.25) is 5.88 Å². The number of nitrogens with zero attached hydrogens (tertiary/aromatic N) is 2. The lowest BCUT2D eigenvalue weighted by molar-refractivity contribution is 0.0938. The largest absolute Gasteiger partial charge is 0.438 e. The molecule has 1 aliphatic rings. The van der Waals surface area contributed by atoms with Crippen LogP contribution in [0.4, 0.5) is 0 Å². The van der Waals surface area contributed by atoms with E-state index >= 15 is 0 Å². The summed E-state index contributed by atoms with van der Waals surface area (Å²) in [6, 6.07) is 8.48. The molecule has 1 aromatic heterocycles. The molecular formula is C20H23N3O5S. The van der Waals surface area contributed by atoms with Gasteiger partial charge in [0.15, 0.2) is 15.7 Å². The minimum Gasteiger partial charge on any atom is -0.438 e. The van der Waals surface area contributed by atoms with E-state index in [1.54, 1.807) is 19.1 Å². The van der Waals surface area contributed by atoms with Crippen LogP contribution in [-0.4, -0.2) is 43.2 Å². The number of hydrogen-bond donors (Lipinski definition) is 1. The fourth-order valence-electron chi connectivity index (χ4n) is 2.74. The maximum Gasteiger partial charge on any atom is 0.258 e. The van der Waals surface area contributed by atoms with E-state index in [0.29, 0.717) is 18.2 Å². The van der Waals surface area contributed by atoms with Crippen LogP contribution < -0.4 is 10.1 Å². The van der Waals surface area contributed by atoms with Crippen molar-refractivity contribution in [3.63, 3.8) is 0 Å². The van der Waals surface area contributed by atoms with Crippen molar-refractivity contribution in [3.8, 4) is 11.6 Å². The topological polar surface area (TPSA) is 107 Å². The number of para-hydroxylation sites is 1. The normalized spacial score (nSPS) is 17.9. The molecule has 154 valence electrons. The molecule has 0 saturated carbocycles. The van der Waals surface area contributed by atoms with Gasteiger partial charge in [0.05, 0.1) is 0 Å². The third kappa shape index (κ3) is 6.10. The number of carbonyl (C=O) groups is 1. The van der Waals surface area contributed by atoms with E-state index in [4.69, 9.17) is 9.47 Å². The summed E-state index contributed by atoms with van der Waals surface area (Å²) in [7, 11) is -3.28. The molecule has 1 saturated heterocycles. The van der Waals surface area contributed by atoms with E-state index in [0.717, 1.165) is 24.5 Å². The van der Waals surface area contributed by atoms with Crippen molar-refractivity contribution in [2.45, 2.75) is 31.9 Å². The summed E-state index contributed by atoms with van der Waals surface area (Å²) in [6.07, 6.45) is 5.40. The molecule has 0 bridgehead atoms. The van der Waals surface area contributed by atoms with Crippen molar-refractivity contribution < 1.29 is 22.7 Å². The first-order valence-corrected chi connectivity index (χ1v) is 11.2. The van der Waals surface area contributed by atoms with Gasteiger partial charge < -0.3 is 14.8 Å². The van der Waals surface area contributed by atoms with Crippen molar-refractivity contribution in [2.24, 2.45) is 0 Å². The van der Waals surface area contributed by atoms with E-state index in [1.165, 1.54) is 12.3 Å². The molecule has 1 aromatic carbocycles. The number of amides is 1. The minimum atomic E-state index is -3.28. The third-order valence-corrected chi connectivity index (χ3v) is 4.82. The molecule has 0 aliphatic carbocycles. The summed E-state index contributed by atoms with van der Waals surface area (Å²) in [5, 5.41) is 3.75. The second kappa shape index (κ2) is 9.15. The SMILES string of the molecule is C[C@@H](/C=C/S(C)(=O)=O)NC(=O)c1cnc(C2CCCO2)nc1Oc1ccccc1. The van der Waals surface area contributed by atoms with Crippen LogP contribution in [0, 0.1) is 0 Å². The first-order chi connectivity index (χ1) is 13.8. The number of hydrogen-bond acceptors (Lipinski definition) is 7. The summed E-state index contributed by atoms with van der Waals surface area (Å²) in [4.78, 5) is 21.5. The summed E-state index contributed by atoms with van der Waals surface area (Å²) in [6.45, 7) is 2.31. The second-order valence-corrected chi connectivity index (χ2v) is 8.72. The molecule has 2 heterocycles. The molecule has 1 aliphatic heterocycles. The van der Waals surface area contributed by atoms with Gasteiger partial charge in [-0.2, -0.15) is 4.98 Å². The Morgan fingerprint density at radius 3 is 2.76 bits per heavy atom. The van der Waals surface area contributed by atoms with Gasteiger partial charge >= 0.3 is 0 Å². The highest BCUT2D eigenvalue weighted by Gasteiger charge is 2.24. The number of nitrogens with one attached hydrogen (secondary N) is 1. The van der Waals surface area contributed by atoms with Gasteiger partial charge in [0.1, 0.15) is 17.4 Å². The van der Waals surface area contributed by atoms with Crippen molar-refractivity contribution in [1.29, 1.82) is 0 Å². The Morgan fingerprint density at radius 2 is 2.10 bits per heavy atom. The molecule has 2 atom stereocenters. The highest BCUT2D eigenvalue weighted by atomic mass is 32.2. The zero-order valence-electron chi connectivity index (χ0n) is 16.2. The maximum absolute atomic E-state index is 12.7. The predicted octanol–water partition coefficient (Wildman–Crippen LogP) is 2.80. The van der Waals surface area contributed by atoms with Crippen LogP contribution in [-0.2, 0) is 14.6 Å². The second-order valence-electron chi connectivity index (χ2n) is 6.78. The Hall–Kier alpha value is -2.78. The Kier molecular flexibility index (Phi) is 6.60. The maximum atomic E-state index is 12.7. The van der Waals surface area contributed by atoms with Crippen molar-refractivity contribution in [2.75, 3.05) is 12.9 Å². The Balaban J connectivity index is 1.85. The number of sulfone groups is 1. The van der Waals surface area contributed by atoms with E-state index < -0.39 is 21.8 Å². The van der Waals surface area contributed by atoms with Gasteiger partial charge in [-0.3, -0.25) is 4.79 Å². The molecule has 2 aromatic rings. The van der Waals surface area contributed by atoms with Gasteiger partial charge in [-0.05, 0) is 31.9 Å². The first kappa shape index (κ1) is 20.9. The summed E-state index contributed by atoms with van der Waals surface area (Å²) < 4.78 is 34.0.